The molecule has 5 unspecified atom stereocenters. The number of aliphatic hydroxyl groups excluding tert-OH is 1. The number of nitrogens with zero attached hydrogens (tertiary/aromatic N) is 1. The number of nitrogens with one attached hydrogen (secondary N) is 5. The van der Waals surface area contributed by atoms with Crippen LogP contribution in [-0.2, 0) is 32.0 Å². The minimum absolute atomic E-state index is 0.0482. The molecular formula is C24H31N7O6S. The number of H-pyrrole nitrogens is 2. The molecule has 3 amide bonds. The first-order chi connectivity index (χ1) is 18.1. The van der Waals surface area contributed by atoms with E-state index in [2.05, 4.69) is 43.5 Å². The zero-order valence-electron chi connectivity index (χ0n) is 20.5. The molecule has 0 spiro atoms. The van der Waals surface area contributed by atoms with Gasteiger partial charge in [0.05, 0.1) is 12.4 Å². The molecule has 9 N–H and O–H groups in total. The number of carboxylic acids is 1. The number of para-hydroxylation sites is 1. The monoisotopic (exact) mass is 545 g/mol. The number of hydrogen-bond donors (Lipinski definition) is 9. The number of thiol groups is 1. The third-order valence-corrected chi connectivity index (χ3v) is 6.33. The van der Waals surface area contributed by atoms with Gasteiger partial charge in [0.15, 0.2) is 0 Å². The van der Waals surface area contributed by atoms with Gasteiger partial charge in [0.2, 0.25) is 17.7 Å². The number of rotatable bonds is 13. The summed E-state index contributed by atoms with van der Waals surface area (Å²) in [5.41, 5.74) is 7.81. The van der Waals surface area contributed by atoms with Crippen molar-refractivity contribution in [2.75, 3.05) is 5.75 Å². The van der Waals surface area contributed by atoms with Crippen LogP contribution in [-0.4, -0.2) is 84.9 Å². The van der Waals surface area contributed by atoms with Crippen LogP contribution >= 0.6 is 12.6 Å². The fraction of sp³-hybridized carbons (Fsp3) is 0.375. The Balaban J connectivity index is 1.76. The smallest absolute Gasteiger partial charge is 0.326 e. The van der Waals surface area contributed by atoms with Gasteiger partial charge in [-0.1, -0.05) is 18.2 Å². The Morgan fingerprint density at radius 2 is 1.66 bits per heavy atom. The second kappa shape index (κ2) is 13.1. The van der Waals surface area contributed by atoms with E-state index in [-0.39, 0.29) is 18.6 Å². The lowest BCUT2D eigenvalue weighted by atomic mass is 10.0. The number of carbonyl (C=O) groups is 4. The van der Waals surface area contributed by atoms with Crippen molar-refractivity contribution in [1.82, 2.24) is 30.9 Å². The van der Waals surface area contributed by atoms with Gasteiger partial charge < -0.3 is 41.9 Å². The molecule has 0 saturated heterocycles. The van der Waals surface area contributed by atoms with Crippen LogP contribution in [0.15, 0.2) is 43.0 Å². The van der Waals surface area contributed by atoms with Crippen LogP contribution in [0.4, 0.5) is 0 Å². The molecule has 0 aliphatic carbocycles. The molecule has 3 aromatic rings. The number of carbonyl (C=O) groups excluding carboxylic acids is 3. The first kappa shape index (κ1) is 28.7. The summed E-state index contributed by atoms with van der Waals surface area (Å²) in [6.45, 7) is 1.35. The second-order valence-corrected chi connectivity index (χ2v) is 9.18. The van der Waals surface area contributed by atoms with Gasteiger partial charge in [0, 0.05) is 47.6 Å². The van der Waals surface area contributed by atoms with Gasteiger partial charge in [0.25, 0.3) is 0 Å². The molecule has 0 aliphatic rings. The largest absolute Gasteiger partial charge is 0.480 e. The minimum atomic E-state index is -1.28. The molecule has 14 heteroatoms. The van der Waals surface area contributed by atoms with Crippen LogP contribution in [0, 0.1) is 0 Å². The number of imidazole rings is 1. The molecular weight excluding hydrogens is 514 g/mol. The number of nitrogens with two attached hydrogens (primary N) is 1. The third kappa shape index (κ3) is 7.34. The van der Waals surface area contributed by atoms with Crippen molar-refractivity contribution in [3.05, 3.63) is 54.2 Å². The second-order valence-electron chi connectivity index (χ2n) is 8.82. The summed E-state index contributed by atoms with van der Waals surface area (Å²) in [5.74, 6) is -3.64. The standard InChI is InChI=1S/C24H31N7O6S/c1-12(32)20(25)23(35)29-17(6-13-8-27-16-5-3-2-4-15(13)16)21(33)31-19(10-38)22(34)30-18(24(36)37)7-14-9-26-11-28-14/h2-5,8-9,11-12,17-20,27,32,38H,6-7,10,25H2,1H3,(H,26,28)(H,29,35)(H,30,34)(H,31,33)(H,36,37). The highest BCUT2D eigenvalue weighted by molar-refractivity contribution is 7.80. The number of amides is 3. The highest BCUT2D eigenvalue weighted by Gasteiger charge is 2.31. The third-order valence-electron chi connectivity index (χ3n) is 5.96. The predicted molar refractivity (Wildman–Crippen MR) is 141 cm³/mol. The number of benzene rings is 1. The van der Waals surface area contributed by atoms with E-state index in [1.807, 2.05) is 24.3 Å². The maximum absolute atomic E-state index is 13.3. The summed E-state index contributed by atoms with van der Waals surface area (Å²) in [5, 5.41) is 27.6. The van der Waals surface area contributed by atoms with E-state index in [1.165, 1.54) is 19.4 Å². The van der Waals surface area contributed by atoms with Crippen LogP contribution in [0.25, 0.3) is 10.9 Å². The zero-order valence-corrected chi connectivity index (χ0v) is 21.4. The van der Waals surface area contributed by atoms with Crippen LogP contribution in [0.3, 0.4) is 0 Å². The van der Waals surface area contributed by atoms with Gasteiger partial charge in [-0.2, -0.15) is 12.6 Å². The van der Waals surface area contributed by atoms with E-state index in [0.717, 1.165) is 16.5 Å². The Morgan fingerprint density at radius 3 is 2.29 bits per heavy atom. The molecule has 0 bridgehead atoms. The number of hydrogen-bond acceptors (Lipinski definition) is 8. The van der Waals surface area contributed by atoms with Gasteiger partial charge in [-0.3, -0.25) is 14.4 Å². The molecule has 0 aliphatic heterocycles. The quantitative estimate of drug-likeness (QED) is 0.119. The van der Waals surface area contributed by atoms with E-state index in [9.17, 15) is 29.4 Å². The fourth-order valence-corrected chi connectivity index (χ4v) is 4.03. The average molecular weight is 546 g/mol. The summed E-state index contributed by atoms with van der Waals surface area (Å²) >= 11 is 4.14. The normalized spacial score (nSPS) is 15.2. The molecule has 38 heavy (non-hydrogen) atoms. The van der Waals surface area contributed by atoms with E-state index in [4.69, 9.17) is 5.73 Å². The fourth-order valence-electron chi connectivity index (χ4n) is 3.77. The number of carboxylic acid groups (broad SMARTS) is 1. The molecule has 2 aromatic heterocycles. The van der Waals surface area contributed by atoms with Crippen molar-refractivity contribution < 1.29 is 29.4 Å². The SMILES string of the molecule is CC(O)C(N)C(=O)NC(Cc1c[nH]c2ccccc12)C(=O)NC(CS)C(=O)NC(Cc1cnc[nH]1)C(=O)O. The van der Waals surface area contributed by atoms with Gasteiger partial charge >= 0.3 is 5.97 Å². The maximum Gasteiger partial charge on any atom is 0.326 e. The Morgan fingerprint density at radius 1 is 1.00 bits per heavy atom. The summed E-state index contributed by atoms with van der Waals surface area (Å²) in [6, 6.07) is 2.46. The number of aromatic nitrogens is 3. The molecule has 0 saturated carbocycles. The van der Waals surface area contributed by atoms with Gasteiger partial charge in [-0.25, -0.2) is 9.78 Å². The molecule has 0 fully saturated rings. The van der Waals surface area contributed by atoms with E-state index in [1.54, 1.807) is 6.20 Å². The predicted octanol–water partition coefficient (Wildman–Crippen LogP) is -1.15. The highest BCUT2D eigenvalue weighted by Crippen LogP contribution is 2.19. The van der Waals surface area contributed by atoms with Crippen molar-refractivity contribution in [3.63, 3.8) is 0 Å². The van der Waals surface area contributed by atoms with E-state index in [0.29, 0.717) is 5.69 Å². The number of aliphatic carboxylic acids is 1. The van der Waals surface area contributed by atoms with E-state index < -0.39 is 54.0 Å². The molecule has 2 heterocycles. The van der Waals surface area contributed by atoms with Crippen molar-refractivity contribution in [1.29, 1.82) is 0 Å². The van der Waals surface area contributed by atoms with Crippen LogP contribution in [0.1, 0.15) is 18.2 Å². The molecule has 0 radical (unpaired) electrons. The lowest BCUT2D eigenvalue weighted by Crippen LogP contribution is -2.59. The van der Waals surface area contributed by atoms with Crippen molar-refractivity contribution in [3.8, 4) is 0 Å². The number of aromatic amines is 2. The van der Waals surface area contributed by atoms with Crippen molar-refractivity contribution in [2.45, 2.75) is 50.0 Å². The Labute approximate surface area is 223 Å². The molecule has 204 valence electrons. The first-order valence-electron chi connectivity index (χ1n) is 11.8. The Hall–Kier alpha value is -3.88. The summed E-state index contributed by atoms with van der Waals surface area (Å²) < 4.78 is 0. The maximum atomic E-state index is 13.3. The van der Waals surface area contributed by atoms with Crippen molar-refractivity contribution >= 4 is 47.2 Å². The molecule has 3 rings (SSSR count). The van der Waals surface area contributed by atoms with E-state index >= 15 is 0 Å². The van der Waals surface area contributed by atoms with Gasteiger partial charge in [-0.15, -0.1) is 0 Å². The summed E-state index contributed by atoms with van der Waals surface area (Å²) in [7, 11) is 0. The number of aliphatic hydroxyl groups is 1. The van der Waals surface area contributed by atoms with Crippen LogP contribution in [0.5, 0.6) is 0 Å². The Bertz CT molecular complexity index is 1260. The summed E-state index contributed by atoms with van der Waals surface area (Å²) in [4.78, 5) is 60.2. The first-order valence-corrected chi connectivity index (χ1v) is 12.4. The highest BCUT2D eigenvalue weighted by atomic mass is 32.1. The number of fused-ring (bicyclic) bond motifs is 1. The van der Waals surface area contributed by atoms with Crippen LogP contribution in [0.2, 0.25) is 0 Å². The van der Waals surface area contributed by atoms with Crippen molar-refractivity contribution in [2.24, 2.45) is 5.73 Å². The van der Waals surface area contributed by atoms with Gasteiger partial charge in [0.1, 0.15) is 24.2 Å². The molecule has 5 atom stereocenters. The molecule has 13 nitrogen and oxygen atoms in total. The minimum Gasteiger partial charge on any atom is -0.480 e. The van der Waals surface area contributed by atoms with Crippen LogP contribution < -0.4 is 21.7 Å². The Kier molecular flexibility index (Phi) is 9.87. The summed E-state index contributed by atoms with van der Waals surface area (Å²) in [6.07, 6.45) is 3.37. The average Bonchev–Trinajstić information content (AvgIpc) is 3.55. The van der Waals surface area contributed by atoms with Gasteiger partial charge in [-0.05, 0) is 18.6 Å². The lowest BCUT2D eigenvalue weighted by molar-refractivity contribution is -0.142. The zero-order chi connectivity index (χ0) is 27.8. The molecule has 1 aromatic carbocycles. The lowest BCUT2D eigenvalue weighted by Gasteiger charge is -2.25. The topological polar surface area (TPSA) is 215 Å².